The second-order valence-corrected chi connectivity index (χ2v) is 6.95. The molecule has 1 aliphatic carbocycles. The van der Waals surface area contributed by atoms with Crippen molar-refractivity contribution in [2.45, 2.75) is 26.0 Å². The highest BCUT2D eigenvalue weighted by Crippen LogP contribution is 2.30. The molecule has 1 amide bonds. The Hall–Kier alpha value is -3.22. The fourth-order valence-corrected chi connectivity index (χ4v) is 3.37. The molecule has 0 bridgehead atoms. The van der Waals surface area contributed by atoms with Crippen molar-refractivity contribution < 1.29 is 9.53 Å². The third-order valence-corrected chi connectivity index (χ3v) is 4.96. The van der Waals surface area contributed by atoms with E-state index in [4.69, 9.17) is 14.7 Å². The molecule has 0 spiro atoms. The molecule has 1 atom stereocenters. The molecule has 0 radical (unpaired) electrons. The van der Waals surface area contributed by atoms with E-state index in [9.17, 15) is 4.79 Å². The van der Waals surface area contributed by atoms with Crippen LogP contribution in [0.15, 0.2) is 36.7 Å². The molecular weight excluding hydrogens is 354 g/mol. The normalized spacial score (nSPS) is 18.5. The van der Waals surface area contributed by atoms with Crippen molar-refractivity contribution in [1.29, 1.82) is 0 Å². The lowest BCUT2D eigenvalue weighted by atomic mass is 10.2. The maximum absolute atomic E-state index is 11.2. The first-order chi connectivity index (χ1) is 13.7. The van der Waals surface area contributed by atoms with Gasteiger partial charge in [-0.1, -0.05) is 12.2 Å². The van der Waals surface area contributed by atoms with Crippen molar-refractivity contribution in [2.75, 3.05) is 24.5 Å². The van der Waals surface area contributed by atoms with Crippen LogP contribution in [0.4, 0.5) is 5.82 Å². The van der Waals surface area contributed by atoms with E-state index >= 15 is 0 Å². The summed E-state index contributed by atoms with van der Waals surface area (Å²) < 4.78 is 6.09. The molecule has 4 rings (SSSR count). The standard InChI is InChI=1S/C21H23N5O2/c1-16-13-25(11-12-26(16)15-27)20-21(28-14-17-7-9-22-10-8-17)24-19-6-4-2-3-5-18(19)23-20/h3-10,15-16H,2,11-14H2,1H3. The smallest absolute Gasteiger partial charge is 0.258 e. The fraction of sp³-hybridized carbons (Fsp3) is 0.333. The molecule has 1 fully saturated rings. The van der Waals surface area contributed by atoms with Crippen LogP contribution in [-0.4, -0.2) is 51.9 Å². The zero-order valence-corrected chi connectivity index (χ0v) is 15.9. The molecule has 0 N–H and O–H groups in total. The zero-order chi connectivity index (χ0) is 19.3. The number of nitrogens with zero attached hydrogens (tertiary/aromatic N) is 5. The third-order valence-electron chi connectivity index (χ3n) is 4.96. The quantitative estimate of drug-likeness (QED) is 0.746. The SMILES string of the molecule is CC1CN(c2nc3c(nc2OCc2ccncc2)C=CCC=C3)CCN1C=O. The number of aromatic nitrogens is 3. The van der Waals surface area contributed by atoms with E-state index in [1.807, 2.05) is 36.1 Å². The average molecular weight is 377 g/mol. The van der Waals surface area contributed by atoms with E-state index in [0.29, 0.717) is 32.1 Å². The molecule has 28 heavy (non-hydrogen) atoms. The van der Waals surface area contributed by atoms with Gasteiger partial charge in [0.05, 0.1) is 11.4 Å². The first-order valence-electron chi connectivity index (χ1n) is 9.47. The van der Waals surface area contributed by atoms with Gasteiger partial charge in [0.2, 0.25) is 6.41 Å². The van der Waals surface area contributed by atoms with E-state index in [2.05, 4.69) is 22.0 Å². The summed E-state index contributed by atoms with van der Waals surface area (Å²) in [6.07, 6.45) is 13.4. The van der Waals surface area contributed by atoms with Crippen molar-refractivity contribution >= 4 is 24.4 Å². The van der Waals surface area contributed by atoms with Crippen LogP contribution in [0.1, 0.15) is 30.3 Å². The van der Waals surface area contributed by atoms with E-state index in [1.54, 1.807) is 12.4 Å². The second kappa shape index (κ2) is 8.21. The number of carbonyl (C=O) groups is 1. The van der Waals surface area contributed by atoms with Gasteiger partial charge in [-0.05, 0) is 43.2 Å². The van der Waals surface area contributed by atoms with Crippen LogP contribution in [0.3, 0.4) is 0 Å². The summed E-state index contributed by atoms with van der Waals surface area (Å²) in [6, 6.07) is 3.95. The molecule has 7 heteroatoms. The Labute approximate surface area is 164 Å². The highest BCUT2D eigenvalue weighted by molar-refractivity contribution is 5.66. The van der Waals surface area contributed by atoms with E-state index in [0.717, 1.165) is 35.6 Å². The van der Waals surface area contributed by atoms with Crippen molar-refractivity contribution in [3.8, 4) is 5.88 Å². The molecular formula is C21H23N5O2. The number of anilines is 1. The van der Waals surface area contributed by atoms with Crippen molar-refractivity contribution in [1.82, 2.24) is 19.9 Å². The van der Waals surface area contributed by atoms with Crippen LogP contribution in [0.5, 0.6) is 5.88 Å². The Morgan fingerprint density at radius 3 is 2.61 bits per heavy atom. The lowest BCUT2D eigenvalue weighted by Gasteiger charge is -2.38. The minimum atomic E-state index is 0.107. The Morgan fingerprint density at radius 2 is 1.89 bits per heavy atom. The van der Waals surface area contributed by atoms with Crippen molar-refractivity contribution in [3.05, 3.63) is 53.6 Å². The zero-order valence-electron chi connectivity index (χ0n) is 15.9. The summed E-state index contributed by atoms with van der Waals surface area (Å²) in [6.45, 7) is 4.48. The largest absolute Gasteiger partial charge is 0.470 e. The molecule has 3 heterocycles. The van der Waals surface area contributed by atoms with Crippen molar-refractivity contribution in [2.24, 2.45) is 0 Å². The monoisotopic (exact) mass is 377 g/mol. The first-order valence-corrected chi connectivity index (χ1v) is 9.47. The predicted molar refractivity (Wildman–Crippen MR) is 108 cm³/mol. The van der Waals surface area contributed by atoms with Gasteiger partial charge in [0, 0.05) is 38.1 Å². The molecule has 0 saturated carbocycles. The van der Waals surface area contributed by atoms with Gasteiger partial charge in [-0.3, -0.25) is 9.78 Å². The fourth-order valence-electron chi connectivity index (χ4n) is 3.37. The van der Waals surface area contributed by atoms with E-state index in [-0.39, 0.29) is 6.04 Å². The van der Waals surface area contributed by atoms with Crippen LogP contribution in [0.25, 0.3) is 12.2 Å². The number of hydrogen-bond acceptors (Lipinski definition) is 6. The molecule has 2 aromatic heterocycles. The lowest BCUT2D eigenvalue weighted by molar-refractivity contribution is -0.120. The third kappa shape index (κ3) is 3.88. The average Bonchev–Trinajstić information content (AvgIpc) is 2.97. The summed E-state index contributed by atoms with van der Waals surface area (Å²) >= 11 is 0. The number of allylic oxidation sites excluding steroid dienone is 2. The number of amides is 1. The van der Waals surface area contributed by atoms with Gasteiger partial charge in [0.15, 0.2) is 5.82 Å². The molecule has 2 aliphatic rings. The van der Waals surface area contributed by atoms with Gasteiger partial charge in [-0.15, -0.1) is 0 Å². The Morgan fingerprint density at radius 1 is 1.14 bits per heavy atom. The summed E-state index contributed by atoms with van der Waals surface area (Å²) in [5.41, 5.74) is 2.67. The molecule has 144 valence electrons. The lowest BCUT2D eigenvalue weighted by Crippen LogP contribution is -2.51. The maximum atomic E-state index is 11.2. The van der Waals surface area contributed by atoms with Gasteiger partial charge in [-0.25, -0.2) is 9.97 Å². The number of ether oxygens (including phenoxy) is 1. The van der Waals surface area contributed by atoms with Crippen LogP contribution in [0.2, 0.25) is 0 Å². The molecule has 1 saturated heterocycles. The topological polar surface area (TPSA) is 71.5 Å². The summed E-state index contributed by atoms with van der Waals surface area (Å²) in [5.74, 6) is 1.24. The number of hydrogen-bond donors (Lipinski definition) is 0. The van der Waals surface area contributed by atoms with Crippen LogP contribution < -0.4 is 9.64 Å². The van der Waals surface area contributed by atoms with E-state index in [1.165, 1.54) is 0 Å². The van der Waals surface area contributed by atoms with Gasteiger partial charge in [0.1, 0.15) is 6.61 Å². The number of fused-ring (bicyclic) bond motifs is 1. The van der Waals surface area contributed by atoms with Crippen LogP contribution in [-0.2, 0) is 11.4 Å². The van der Waals surface area contributed by atoms with Crippen molar-refractivity contribution in [3.63, 3.8) is 0 Å². The Balaban J connectivity index is 1.65. The Bertz CT molecular complexity index is 897. The number of carbonyl (C=O) groups excluding carboxylic acids is 1. The number of rotatable bonds is 5. The minimum Gasteiger partial charge on any atom is -0.470 e. The highest BCUT2D eigenvalue weighted by Gasteiger charge is 2.27. The maximum Gasteiger partial charge on any atom is 0.258 e. The van der Waals surface area contributed by atoms with Crippen LogP contribution in [0, 0.1) is 0 Å². The summed E-state index contributed by atoms with van der Waals surface area (Å²) in [7, 11) is 0. The van der Waals surface area contributed by atoms with Gasteiger partial charge < -0.3 is 14.5 Å². The molecule has 2 aromatic rings. The first kappa shape index (κ1) is 18.2. The Kier molecular flexibility index (Phi) is 5.32. The molecule has 1 aliphatic heterocycles. The summed E-state index contributed by atoms with van der Waals surface area (Å²) in [4.78, 5) is 28.9. The number of pyridine rings is 1. The molecule has 1 unspecified atom stereocenters. The number of piperazine rings is 1. The molecule has 7 nitrogen and oxygen atoms in total. The van der Waals surface area contributed by atoms with Gasteiger partial charge >= 0.3 is 0 Å². The predicted octanol–water partition coefficient (Wildman–Crippen LogP) is 2.55. The van der Waals surface area contributed by atoms with Gasteiger partial charge in [-0.2, -0.15) is 0 Å². The highest BCUT2D eigenvalue weighted by atomic mass is 16.5. The second-order valence-electron chi connectivity index (χ2n) is 6.95. The van der Waals surface area contributed by atoms with Crippen LogP contribution >= 0.6 is 0 Å². The minimum absolute atomic E-state index is 0.107. The van der Waals surface area contributed by atoms with Gasteiger partial charge in [0.25, 0.3) is 5.88 Å². The molecule has 0 aromatic carbocycles. The summed E-state index contributed by atoms with van der Waals surface area (Å²) in [5, 5.41) is 0. The van der Waals surface area contributed by atoms with E-state index < -0.39 is 0 Å².